The maximum absolute atomic E-state index is 12.7. The summed E-state index contributed by atoms with van der Waals surface area (Å²) in [7, 11) is 3.68. The van der Waals surface area contributed by atoms with Crippen LogP contribution in [0.5, 0.6) is 11.5 Å². The molecule has 0 aromatic heterocycles. The number of methoxy groups -OCH3 is 1. The van der Waals surface area contributed by atoms with E-state index >= 15 is 0 Å². The molecule has 0 spiro atoms. The number of aliphatic hydroxyl groups excluding tert-OH is 1. The Morgan fingerprint density at radius 3 is 2.61 bits per heavy atom. The van der Waals surface area contributed by atoms with Crippen LogP contribution in [0.3, 0.4) is 0 Å². The van der Waals surface area contributed by atoms with E-state index in [1.54, 1.807) is 25.3 Å². The molecule has 2 aromatic rings. The van der Waals surface area contributed by atoms with E-state index in [9.17, 15) is 9.90 Å². The predicted octanol–water partition coefficient (Wildman–Crippen LogP) is 5.02. The molecule has 7 nitrogen and oxygen atoms in total. The molecule has 0 bridgehead atoms. The minimum atomic E-state index is -0.851. The van der Waals surface area contributed by atoms with Gasteiger partial charge in [0, 0.05) is 43.9 Å². The van der Waals surface area contributed by atoms with E-state index in [4.69, 9.17) is 14.2 Å². The van der Waals surface area contributed by atoms with Gasteiger partial charge in [-0.2, -0.15) is 0 Å². The molecule has 2 N–H and O–H groups in total. The van der Waals surface area contributed by atoms with Gasteiger partial charge in [-0.1, -0.05) is 36.4 Å². The molecule has 36 heavy (non-hydrogen) atoms. The molecule has 2 aliphatic rings. The topological polar surface area (TPSA) is 80.3 Å². The Kier molecular flexibility index (Phi) is 8.46. The van der Waals surface area contributed by atoms with Crippen molar-refractivity contribution in [2.24, 2.45) is 0 Å². The fraction of sp³-hybridized carbons (Fsp3) is 0.345. The van der Waals surface area contributed by atoms with E-state index in [-0.39, 0.29) is 30.8 Å². The zero-order valence-corrected chi connectivity index (χ0v) is 20.9. The van der Waals surface area contributed by atoms with E-state index in [0.29, 0.717) is 11.4 Å². The van der Waals surface area contributed by atoms with Crippen molar-refractivity contribution in [1.82, 2.24) is 4.90 Å². The van der Waals surface area contributed by atoms with Crippen molar-refractivity contribution in [1.29, 1.82) is 0 Å². The SMILES string of the molecule is COC1(C=CC(=O)Nc2ccccc2COc2ccccc2OC2CCN(C)CC2)C=CC=C(O)C1. The van der Waals surface area contributed by atoms with E-state index in [1.807, 2.05) is 54.6 Å². The number of likely N-dealkylation sites (tertiary alicyclic amines) is 1. The second-order valence-electron chi connectivity index (χ2n) is 9.19. The Bertz CT molecular complexity index is 1130. The van der Waals surface area contributed by atoms with Crippen LogP contribution in [-0.2, 0) is 16.1 Å². The Labute approximate surface area is 212 Å². The van der Waals surface area contributed by atoms with E-state index < -0.39 is 5.60 Å². The number of anilines is 1. The third-order valence-corrected chi connectivity index (χ3v) is 6.49. The van der Waals surface area contributed by atoms with E-state index in [1.165, 1.54) is 6.08 Å². The first-order valence-corrected chi connectivity index (χ1v) is 12.2. The summed E-state index contributed by atoms with van der Waals surface area (Å²) in [6.45, 7) is 2.32. The molecule has 1 fully saturated rings. The molecule has 7 heteroatoms. The number of allylic oxidation sites excluding steroid dienone is 2. The maximum atomic E-state index is 12.7. The number of ether oxygens (including phenoxy) is 3. The van der Waals surface area contributed by atoms with Crippen molar-refractivity contribution in [3.8, 4) is 11.5 Å². The number of carbonyl (C=O) groups is 1. The number of aliphatic hydroxyl groups is 1. The fourth-order valence-corrected chi connectivity index (χ4v) is 4.31. The molecule has 1 aliphatic heterocycles. The molecule has 2 aromatic carbocycles. The van der Waals surface area contributed by atoms with Gasteiger partial charge in [0.05, 0.1) is 5.76 Å². The number of piperidine rings is 1. The van der Waals surface area contributed by atoms with Gasteiger partial charge in [0.1, 0.15) is 18.3 Å². The van der Waals surface area contributed by atoms with Crippen molar-refractivity contribution in [2.45, 2.75) is 37.6 Å². The second-order valence-corrected chi connectivity index (χ2v) is 9.19. The highest BCUT2D eigenvalue weighted by Crippen LogP contribution is 2.31. The summed E-state index contributed by atoms with van der Waals surface area (Å²) in [5, 5.41) is 12.8. The molecule has 0 saturated carbocycles. The van der Waals surface area contributed by atoms with Crippen molar-refractivity contribution >= 4 is 11.6 Å². The van der Waals surface area contributed by atoms with Crippen LogP contribution in [0.25, 0.3) is 0 Å². The number of rotatable bonds is 9. The summed E-state index contributed by atoms with van der Waals surface area (Å²) in [6, 6.07) is 15.2. The van der Waals surface area contributed by atoms with Crippen molar-refractivity contribution < 1.29 is 24.1 Å². The molecule has 1 aliphatic carbocycles. The lowest BCUT2D eigenvalue weighted by atomic mass is 9.93. The predicted molar refractivity (Wildman–Crippen MR) is 140 cm³/mol. The van der Waals surface area contributed by atoms with Gasteiger partial charge in [-0.25, -0.2) is 0 Å². The number of amides is 1. The molecular weight excluding hydrogens is 456 g/mol. The molecule has 190 valence electrons. The number of benzene rings is 2. The number of nitrogens with zero attached hydrogens (tertiary/aromatic N) is 1. The molecule has 1 atom stereocenters. The van der Waals surface area contributed by atoms with Crippen LogP contribution >= 0.6 is 0 Å². The van der Waals surface area contributed by atoms with E-state index in [0.717, 1.165) is 37.2 Å². The first-order chi connectivity index (χ1) is 17.5. The Morgan fingerprint density at radius 1 is 1.14 bits per heavy atom. The highest BCUT2D eigenvalue weighted by Gasteiger charge is 2.27. The van der Waals surface area contributed by atoms with Gasteiger partial charge >= 0.3 is 0 Å². The van der Waals surface area contributed by atoms with Gasteiger partial charge in [0.2, 0.25) is 5.91 Å². The summed E-state index contributed by atoms with van der Waals surface area (Å²) in [5.74, 6) is 1.31. The van der Waals surface area contributed by atoms with Crippen LogP contribution in [0.2, 0.25) is 0 Å². The number of para-hydroxylation sites is 3. The minimum absolute atomic E-state index is 0.177. The maximum Gasteiger partial charge on any atom is 0.248 e. The lowest BCUT2D eigenvalue weighted by Crippen LogP contribution is -2.35. The monoisotopic (exact) mass is 490 g/mol. The molecule has 4 rings (SSSR count). The highest BCUT2D eigenvalue weighted by atomic mass is 16.5. The van der Waals surface area contributed by atoms with Crippen LogP contribution in [0.4, 0.5) is 5.69 Å². The lowest BCUT2D eigenvalue weighted by Gasteiger charge is -2.29. The number of nitrogens with one attached hydrogen (secondary N) is 1. The summed E-state index contributed by atoms with van der Waals surface area (Å²) in [5.41, 5.74) is 0.651. The average Bonchev–Trinajstić information content (AvgIpc) is 2.89. The van der Waals surface area contributed by atoms with Crippen LogP contribution in [0.15, 0.2) is 84.7 Å². The van der Waals surface area contributed by atoms with Gasteiger partial charge in [-0.15, -0.1) is 0 Å². The normalized spacial score (nSPS) is 20.8. The van der Waals surface area contributed by atoms with Gasteiger partial charge in [0.15, 0.2) is 11.5 Å². The van der Waals surface area contributed by atoms with Crippen molar-refractivity contribution in [2.75, 3.05) is 32.6 Å². The second kappa shape index (κ2) is 11.9. The van der Waals surface area contributed by atoms with Crippen LogP contribution in [-0.4, -0.2) is 54.9 Å². The Balaban J connectivity index is 1.39. The summed E-state index contributed by atoms with van der Waals surface area (Å²) >= 11 is 0. The standard InChI is InChI=1S/C29H34N2O5/c1-31-18-14-24(15-19-31)36-27-12-6-5-11-26(27)35-21-22-8-3-4-10-25(22)30-28(33)13-17-29(34-2)16-7-9-23(32)20-29/h3-13,16-17,24,32H,14-15,18-21H2,1-2H3,(H,30,33). The molecule has 1 heterocycles. The van der Waals surface area contributed by atoms with E-state index in [2.05, 4.69) is 17.3 Å². The average molecular weight is 491 g/mol. The van der Waals surface area contributed by atoms with Gasteiger partial charge in [0.25, 0.3) is 0 Å². The highest BCUT2D eigenvalue weighted by molar-refractivity contribution is 5.99. The quantitative estimate of drug-likeness (QED) is 0.481. The number of hydrogen-bond donors (Lipinski definition) is 2. The zero-order chi connectivity index (χ0) is 25.4. The number of carbonyl (C=O) groups excluding carboxylic acids is 1. The third-order valence-electron chi connectivity index (χ3n) is 6.49. The first-order valence-electron chi connectivity index (χ1n) is 12.2. The fourth-order valence-electron chi connectivity index (χ4n) is 4.31. The molecule has 0 radical (unpaired) electrons. The summed E-state index contributed by atoms with van der Waals surface area (Å²) in [6.07, 6.45) is 10.6. The van der Waals surface area contributed by atoms with Crippen molar-refractivity contribution in [3.63, 3.8) is 0 Å². The third kappa shape index (κ3) is 6.77. The summed E-state index contributed by atoms with van der Waals surface area (Å²) in [4.78, 5) is 15.0. The van der Waals surface area contributed by atoms with Crippen LogP contribution in [0, 0.1) is 0 Å². The van der Waals surface area contributed by atoms with Crippen LogP contribution in [0.1, 0.15) is 24.8 Å². The molecule has 1 saturated heterocycles. The zero-order valence-electron chi connectivity index (χ0n) is 20.9. The Morgan fingerprint density at radius 2 is 1.86 bits per heavy atom. The number of hydrogen-bond acceptors (Lipinski definition) is 6. The lowest BCUT2D eigenvalue weighted by molar-refractivity contribution is -0.112. The largest absolute Gasteiger partial charge is 0.512 e. The summed E-state index contributed by atoms with van der Waals surface area (Å²) < 4.78 is 17.9. The molecular formula is C29H34N2O5. The minimum Gasteiger partial charge on any atom is -0.512 e. The van der Waals surface area contributed by atoms with Crippen molar-refractivity contribution in [3.05, 3.63) is 90.2 Å². The first kappa shape index (κ1) is 25.5. The Hall–Kier alpha value is -3.55. The smallest absolute Gasteiger partial charge is 0.248 e. The van der Waals surface area contributed by atoms with Gasteiger partial charge in [-0.05, 0) is 56.3 Å². The van der Waals surface area contributed by atoms with Gasteiger partial charge < -0.3 is 29.5 Å². The van der Waals surface area contributed by atoms with Gasteiger partial charge in [-0.3, -0.25) is 4.79 Å². The molecule has 1 amide bonds. The molecule has 1 unspecified atom stereocenters. The van der Waals surface area contributed by atoms with Crippen LogP contribution < -0.4 is 14.8 Å².